The Morgan fingerprint density at radius 1 is 1.18 bits per heavy atom. The number of hydrogen-bond donors (Lipinski definition) is 1. The molecule has 7 nitrogen and oxygen atoms in total. The van der Waals surface area contributed by atoms with E-state index in [2.05, 4.69) is 44.4 Å². The van der Waals surface area contributed by atoms with Crippen LogP contribution in [0.2, 0.25) is 0 Å². The van der Waals surface area contributed by atoms with Crippen molar-refractivity contribution in [3.05, 3.63) is 42.0 Å². The number of ether oxygens (including phenoxy) is 1. The van der Waals surface area contributed by atoms with E-state index >= 15 is 0 Å². The van der Waals surface area contributed by atoms with E-state index in [0.29, 0.717) is 24.4 Å². The van der Waals surface area contributed by atoms with Crippen molar-refractivity contribution in [1.29, 1.82) is 0 Å². The average Bonchev–Trinajstić information content (AvgIpc) is 3.32. The molecule has 3 atom stereocenters. The first-order valence-corrected chi connectivity index (χ1v) is 12.7. The van der Waals surface area contributed by atoms with Gasteiger partial charge in [-0.3, -0.25) is 9.69 Å². The number of thiophene rings is 1. The highest BCUT2D eigenvalue weighted by Gasteiger charge is 2.56. The van der Waals surface area contributed by atoms with E-state index in [1.807, 2.05) is 6.07 Å². The first-order chi connectivity index (χ1) is 16.2. The van der Waals surface area contributed by atoms with E-state index in [9.17, 15) is 4.79 Å². The van der Waals surface area contributed by atoms with Crippen LogP contribution in [0.4, 0.5) is 5.82 Å². The largest absolute Gasteiger partial charge is 0.380 e. The molecule has 0 radical (unpaired) electrons. The third-order valence-electron chi connectivity index (χ3n) is 7.63. The summed E-state index contributed by atoms with van der Waals surface area (Å²) in [5.41, 5.74) is 7.95. The minimum Gasteiger partial charge on any atom is -0.380 e. The van der Waals surface area contributed by atoms with Crippen LogP contribution < -0.4 is 10.6 Å². The molecule has 4 heterocycles. The van der Waals surface area contributed by atoms with Crippen molar-refractivity contribution in [3.8, 4) is 11.1 Å². The van der Waals surface area contributed by atoms with Crippen molar-refractivity contribution < 1.29 is 9.53 Å². The summed E-state index contributed by atoms with van der Waals surface area (Å²) in [4.78, 5) is 26.4. The summed E-state index contributed by atoms with van der Waals surface area (Å²) in [5, 5.41) is 3.38. The van der Waals surface area contributed by atoms with Crippen LogP contribution in [0.5, 0.6) is 0 Å². The zero-order chi connectivity index (χ0) is 22.4. The molecule has 0 bridgehead atoms. The monoisotopic (exact) mass is 463 g/mol. The molecule has 2 saturated heterocycles. The first kappa shape index (κ1) is 21.0. The average molecular weight is 464 g/mol. The van der Waals surface area contributed by atoms with E-state index in [-0.39, 0.29) is 11.9 Å². The van der Waals surface area contributed by atoms with Crippen molar-refractivity contribution in [2.24, 2.45) is 23.5 Å². The number of anilines is 1. The van der Waals surface area contributed by atoms with E-state index in [0.717, 1.165) is 56.3 Å². The number of amides is 1. The second-order valence-electron chi connectivity index (χ2n) is 9.46. The van der Waals surface area contributed by atoms with E-state index in [1.165, 1.54) is 16.5 Å². The Hall–Kier alpha value is -2.55. The highest BCUT2D eigenvalue weighted by atomic mass is 32.1. The molecule has 0 spiro atoms. The fourth-order valence-electron chi connectivity index (χ4n) is 5.82. The van der Waals surface area contributed by atoms with E-state index < -0.39 is 0 Å². The van der Waals surface area contributed by atoms with Crippen LogP contribution in [-0.4, -0.2) is 66.2 Å². The van der Waals surface area contributed by atoms with Crippen LogP contribution in [-0.2, 0) is 9.53 Å². The molecule has 172 valence electrons. The first-order valence-electron chi connectivity index (χ1n) is 11.8. The summed E-state index contributed by atoms with van der Waals surface area (Å²) in [6.07, 6.45) is 3.62. The van der Waals surface area contributed by atoms with Crippen molar-refractivity contribution >= 4 is 33.3 Å². The van der Waals surface area contributed by atoms with Gasteiger partial charge in [-0.25, -0.2) is 9.97 Å². The number of rotatable bonds is 8. The number of fused-ring (bicyclic) bond motifs is 2. The molecule has 33 heavy (non-hydrogen) atoms. The van der Waals surface area contributed by atoms with Crippen LogP contribution in [0.3, 0.4) is 0 Å². The molecular formula is C25H29N5O2S. The fraction of sp³-hybridized carbons (Fsp3) is 0.480. The molecule has 3 aliphatic rings. The number of aromatic nitrogens is 2. The summed E-state index contributed by atoms with van der Waals surface area (Å²) < 4.78 is 6.02. The van der Waals surface area contributed by atoms with Crippen molar-refractivity contribution in [3.63, 3.8) is 0 Å². The quantitative estimate of drug-likeness (QED) is 0.517. The molecule has 1 aliphatic carbocycles. The van der Waals surface area contributed by atoms with Gasteiger partial charge in [0.25, 0.3) is 0 Å². The maximum atomic E-state index is 11.5. The maximum absolute atomic E-state index is 11.5. The minimum atomic E-state index is -0.204. The zero-order valence-corrected chi connectivity index (χ0v) is 19.4. The highest BCUT2D eigenvalue weighted by molar-refractivity contribution is 7.17. The van der Waals surface area contributed by atoms with Gasteiger partial charge in [-0.2, -0.15) is 0 Å². The lowest BCUT2D eigenvalue weighted by Gasteiger charge is -2.23. The van der Waals surface area contributed by atoms with Gasteiger partial charge in [0.05, 0.1) is 24.6 Å². The molecule has 1 saturated carbocycles. The molecule has 3 fully saturated rings. The Kier molecular flexibility index (Phi) is 5.52. The number of nitrogens with two attached hydrogens (primary N) is 1. The summed E-state index contributed by atoms with van der Waals surface area (Å²) in [5.74, 6) is 2.86. The topological polar surface area (TPSA) is 84.6 Å². The molecule has 3 aromatic rings. The Morgan fingerprint density at radius 2 is 2.00 bits per heavy atom. The third-order valence-corrected chi connectivity index (χ3v) is 8.52. The van der Waals surface area contributed by atoms with Crippen molar-refractivity contribution in [1.82, 2.24) is 14.9 Å². The van der Waals surface area contributed by atoms with Gasteiger partial charge < -0.3 is 15.4 Å². The van der Waals surface area contributed by atoms with Crippen LogP contribution >= 0.6 is 11.3 Å². The Morgan fingerprint density at radius 3 is 2.79 bits per heavy atom. The number of nitrogens with zero attached hydrogens (tertiary/aromatic N) is 4. The predicted molar refractivity (Wildman–Crippen MR) is 130 cm³/mol. The molecule has 2 aliphatic heterocycles. The summed E-state index contributed by atoms with van der Waals surface area (Å²) in [6, 6.07) is 10.4. The number of carbonyl (C=O) groups excluding carboxylic acids is 1. The SMILES string of the molecule is NC(=O)[C@@H]1CCCN1CCOCC1C2CN(c3ncnc4scc(-c5ccccc5)c34)CC12. The van der Waals surface area contributed by atoms with Crippen LogP contribution in [0, 0.1) is 17.8 Å². The summed E-state index contributed by atoms with van der Waals surface area (Å²) in [6.45, 7) is 5.29. The van der Waals surface area contributed by atoms with E-state index in [1.54, 1.807) is 17.7 Å². The van der Waals surface area contributed by atoms with Crippen LogP contribution in [0.1, 0.15) is 12.8 Å². The normalized spacial score (nSPS) is 26.7. The second-order valence-corrected chi connectivity index (χ2v) is 10.3. The molecule has 1 amide bonds. The van der Waals surface area contributed by atoms with Gasteiger partial charge in [0.2, 0.25) is 5.91 Å². The van der Waals surface area contributed by atoms with Crippen molar-refractivity contribution in [2.45, 2.75) is 18.9 Å². The van der Waals surface area contributed by atoms with Gasteiger partial charge in [0.1, 0.15) is 17.0 Å². The van der Waals surface area contributed by atoms with Crippen molar-refractivity contribution in [2.75, 3.05) is 44.3 Å². The molecule has 2 N–H and O–H groups in total. The van der Waals surface area contributed by atoms with Crippen LogP contribution in [0.15, 0.2) is 42.0 Å². The molecule has 1 aromatic carbocycles. The van der Waals surface area contributed by atoms with E-state index in [4.69, 9.17) is 15.5 Å². The number of piperidine rings is 1. The molecule has 8 heteroatoms. The minimum absolute atomic E-state index is 0.106. The van der Waals surface area contributed by atoms with Gasteiger partial charge in [-0.05, 0) is 42.7 Å². The molecule has 2 aromatic heterocycles. The lowest BCUT2D eigenvalue weighted by atomic mass is 10.1. The number of likely N-dealkylation sites (tertiary alicyclic amines) is 1. The summed E-state index contributed by atoms with van der Waals surface area (Å²) >= 11 is 1.69. The predicted octanol–water partition coefficient (Wildman–Crippen LogP) is 3.01. The van der Waals surface area contributed by atoms with Gasteiger partial charge in [0.15, 0.2) is 0 Å². The van der Waals surface area contributed by atoms with Gasteiger partial charge in [-0.15, -0.1) is 11.3 Å². The Labute approximate surface area is 197 Å². The van der Waals surface area contributed by atoms with Gasteiger partial charge >= 0.3 is 0 Å². The third kappa shape index (κ3) is 3.90. The van der Waals surface area contributed by atoms with Crippen LogP contribution in [0.25, 0.3) is 21.3 Å². The lowest BCUT2D eigenvalue weighted by Crippen LogP contribution is -2.41. The zero-order valence-electron chi connectivity index (χ0n) is 18.6. The highest BCUT2D eigenvalue weighted by Crippen LogP contribution is 2.53. The maximum Gasteiger partial charge on any atom is 0.234 e. The second kappa shape index (κ2) is 8.66. The molecular weight excluding hydrogens is 434 g/mol. The number of primary amides is 1. The number of benzene rings is 1. The van der Waals surface area contributed by atoms with Gasteiger partial charge in [0, 0.05) is 30.6 Å². The lowest BCUT2D eigenvalue weighted by molar-refractivity contribution is -0.122. The fourth-order valence-corrected chi connectivity index (χ4v) is 6.73. The standard InChI is InChI=1S/C25H29N5O2S/c26-23(31)21-7-4-8-29(21)9-10-32-13-19-17-11-30(12-18(17)19)24-22-20(16-5-2-1-3-6-16)14-33-25(22)28-15-27-24/h1-3,5-6,14-15,17-19,21H,4,7-13H2,(H2,26,31)/t17?,18?,19?,21-/m0/s1. The summed E-state index contributed by atoms with van der Waals surface area (Å²) in [7, 11) is 0. The smallest absolute Gasteiger partial charge is 0.234 e. The Bertz CT molecular complexity index is 1140. The number of hydrogen-bond acceptors (Lipinski definition) is 7. The molecule has 6 rings (SSSR count). The number of carbonyl (C=O) groups is 1. The Balaban J connectivity index is 1.06. The molecule has 2 unspecified atom stereocenters. The van der Waals surface area contributed by atoms with Gasteiger partial charge in [-0.1, -0.05) is 30.3 Å².